The quantitative estimate of drug-likeness (QED) is 0.338. The van der Waals surface area contributed by atoms with Crippen LogP contribution in [0.25, 0.3) is 17.5 Å². The Balaban J connectivity index is 1.64. The van der Waals surface area contributed by atoms with Gasteiger partial charge < -0.3 is 29.4 Å². The van der Waals surface area contributed by atoms with E-state index in [0.717, 1.165) is 0 Å². The van der Waals surface area contributed by atoms with E-state index in [1.807, 2.05) is 30.3 Å². The molecule has 10 nitrogen and oxygen atoms in total. The smallest absolute Gasteiger partial charge is 0.362 e. The molecule has 200 valence electrons. The molecule has 3 aromatic carbocycles. The van der Waals surface area contributed by atoms with Crippen LogP contribution < -0.4 is 37.0 Å². The van der Waals surface area contributed by atoms with Crippen LogP contribution in [0.1, 0.15) is 22.7 Å². The Kier molecular flexibility index (Phi) is 6.19. The van der Waals surface area contributed by atoms with Crippen LogP contribution in [0.5, 0.6) is 11.5 Å². The van der Waals surface area contributed by atoms with Crippen molar-refractivity contribution >= 4 is 29.3 Å². The number of para-hydroxylation sites is 1. The second-order valence-corrected chi connectivity index (χ2v) is 9.02. The maximum Gasteiger partial charge on any atom is 0.362 e. The van der Waals surface area contributed by atoms with Gasteiger partial charge in [0.05, 0.1) is 25.7 Å². The van der Waals surface area contributed by atoms with Gasteiger partial charge in [-0.3, -0.25) is 4.79 Å². The number of carbonyl (C=O) groups excluding carboxylic acids is 1. The van der Waals surface area contributed by atoms with Crippen molar-refractivity contribution in [3.8, 4) is 17.4 Å². The summed E-state index contributed by atoms with van der Waals surface area (Å²) in [6, 6.07) is 23.2. The molecule has 1 aliphatic heterocycles. The van der Waals surface area contributed by atoms with Crippen LogP contribution in [0, 0.1) is 0 Å². The number of methoxy groups -OCH3 is 2. The number of hydrogen-bond donors (Lipinski definition) is 2. The second kappa shape index (κ2) is 9.99. The van der Waals surface area contributed by atoms with Crippen LogP contribution in [0.3, 0.4) is 0 Å². The van der Waals surface area contributed by atoms with Crippen LogP contribution >= 0.6 is 0 Å². The molecule has 6 rings (SSSR count). The minimum Gasteiger partial charge on any atom is -0.497 e. The first-order valence-corrected chi connectivity index (χ1v) is 12.4. The van der Waals surface area contributed by atoms with E-state index < -0.39 is 17.5 Å². The second-order valence-electron chi connectivity index (χ2n) is 9.02. The minimum atomic E-state index is -0.759. The molecule has 40 heavy (non-hydrogen) atoms. The summed E-state index contributed by atoms with van der Waals surface area (Å²) in [7, 11) is 3.14. The molecule has 1 amide bonds. The summed E-state index contributed by atoms with van der Waals surface area (Å²) in [5.41, 5.74) is 7.90. The summed E-state index contributed by atoms with van der Waals surface area (Å²) >= 11 is 0. The Hall–Kier alpha value is -5.51. The summed E-state index contributed by atoms with van der Waals surface area (Å²) in [5, 5.41) is 3.05. The van der Waals surface area contributed by atoms with Gasteiger partial charge in [-0.2, -0.15) is 4.98 Å². The molecule has 0 aliphatic carbocycles. The maximum absolute atomic E-state index is 13.9. The molecular weight excluding hydrogens is 512 g/mol. The lowest BCUT2D eigenvalue weighted by atomic mass is 9.86. The van der Waals surface area contributed by atoms with Crippen LogP contribution in [0.15, 0.2) is 92.5 Å². The highest BCUT2D eigenvalue weighted by atomic mass is 16.5. The monoisotopic (exact) mass is 536 g/mol. The van der Waals surface area contributed by atoms with Crippen LogP contribution in [0.2, 0.25) is 0 Å². The van der Waals surface area contributed by atoms with Gasteiger partial charge in [0.1, 0.15) is 22.5 Å². The van der Waals surface area contributed by atoms with Crippen LogP contribution in [0.4, 0.5) is 11.7 Å². The zero-order valence-corrected chi connectivity index (χ0v) is 21.6. The molecular formula is C30H24N4O6. The molecule has 2 aromatic heterocycles. The van der Waals surface area contributed by atoms with Crippen molar-refractivity contribution in [1.82, 2.24) is 9.55 Å². The minimum absolute atomic E-state index is 0.0164. The Labute approximate surface area is 227 Å². The van der Waals surface area contributed by atoms with Crippen molar-refractivity contribution in [1.29, 1.82) is 0 Å². The van der Waals surface area contributed by atoms with Gasteiger partial charge in [-0.25, -0.2) is 9.36 Å². The van der Waals surface area contributed by atoms with Gasteiger partial charge in [-0.15, -0.1) is 0 Å². The zero-order valence-electron chi connectivity index (χ0n) is 21.6. The van der Waals surface area contributed by atoms with Crippen molar-refractivity contribution < 1.29 is 23.1 Å². The third kappa shape index (κ3) is 4.31. The number of oxazole rings is 2. The van der Waals surface area contributed by atoms with Gasteiger partial charge in [0.2, 0.25) is 11.4 Å². The average molecular weight is 537 g/mol. The molecule has 0 saturated heterocycles. The molecule has 3 heterocycles. The molecule has 0 fully saturated rings. The molecule has 1 aliphatic rings. The molecule has 0 saturated carbocycles. The number of hydrogen-bond acceptors (Lipinski definition) is 8. The number of aromatic nitrogens is 2. The maximum atomic E-state index is 13.9. The number of amides is 1. The molecule has 5 aromatic rings. The van der Waals surface area contributed by atoms with E-state index in [1.54, 1.807) is 68.8 Å². The van der Waals surface area contributed by atoms with E-state index in [0.29, 0.717) is 34.0 Å². The highest BCUT2D eigenvalue weighted by Crippen LogP contribution is 2.39. The Morgan fingerprint density at radius 2 is 1.60 bits per heavy atom. The van der Waals surface area contributed by atoms with Crippen molar-refractivity contribution in [2.24, 2.45) is 0 Å². The number of nitrogen functional groups attached to an aromatic ring is 1. The number of nitrogens with two attached hydrogens (primary N) is 1. The fraction of sp³-hybridized carbons (Fsp3) is 0.100. The predicted octanol–water partition coefficient (Wildman–Crippen LogP) is 2.78. The first-order valence-electron chi connectivity index (χ1n) is 12.4. The van der Waals surface area contributed by atoms with Gasteiger partial charge in [-0.05, 0) is 53.6 Å². The largest absolute Gasteiger partial charge is 0.497 e. The Morgan fingerprint density at radius 1 is 0.950 bits per heavy atom. The highest BCUT2D eigenvalue weighted by Gasteiger charge is 2.39. The summed E-state index contributed by atoms with van der Waals surface area (Å²) in [5.74, 6) is 0.265. The predicted molar refractivity (Wildman–Crippen MR) is 148 cm³/mol. The third-order valence-corrected chi connectivity index (χ3v) is 6.63. The summed E-state index contributed by atoms with van der Waals surface area (Å²) < 4.78 is 23.6. The highest BCUT2D eigenvalue weighted by molar-refractivity contribution is 6.22. The van der Waals surface area contributed by atoms with Crippen molar-refractivity contribution in [2.45, 2.75) is 5.92 Å². The fourth-order valence-electron chi connectivity index (χ4n) is 4.76. The number of nitrogens with zero attached hydrogens (tertiary/aromatic N) is 2. The molecule has 0 unspecified atom stereocenters. The van der Waals surface area contributed by atoms with Gasteiger partial charge in [0, 0.05) is 5.69 Å². The number of benzene rings is 3. The number of nitrogens with one attached hydrogen (secondary N) is 1. The molecule has 10 heteroatoms. The lowest BCUT2D eigenvalue weighted by Crippen LogP contribution is -2.38. The van der Waals surface area contributed by atoms with Gasteiger partial charge >= 0.3 is 5.63 Å². The Bertz CT molecular complexity index is 1890. The standard InChI is InChI=1S/C30H24N4O6/c1-37-20-12-8-17(9-13-20)16-22-29(36)39-27-24(26(35)32-19-6-4-3-5-7-19)23(18-10-14-21(38-2)15-11-18)25-28(34(22)27)40-30(31)33-25/h3-16,23H,1-2H3,(H2,31,33)(H,32,35)/b22-16+/t23-/m0/s1. The van der Waals surface area contributed by atoms with Crippen LogP contribution in [-0.2, 0) is 4.79 Å². The lowest BCUT2D eigenvalue weighted by molar-refractivity contribution is -0.111. The lowest BCUT2D eigenvalue weighted by Gasteiger charge is -2.22. The van der Waals surface area contributed by atoms with Crippen molar-refractivity contribution in [2.75, 3.05) is 25.3 Å². The SMILES string of the molecule is COc1ccc(/C=c2\c(=O)oc3n2-c2oc(N)nc2[C@@H](c2ccc(OC)cc2)C=3C(=O)Nc2ccccc2)cc1. The van der Waals surface area contributed by atoms with Gasteiger partial charge in [0.15, 0.2) is 0 Å². The molecule has 0 spiro atoms. The van der Waals surface area contributed by atoms with Crippen molar-refractivity contribution in [3.05, 3.63) is 117 Å². The molecule has 3 N–H and O–H groups in total. The number of ether oxygens (including phenoxy) is 2. The van der Waals surface area contributed by atoms with Crippen molar-refractivity contribution in [3.63, 3.8) is 0 Å². The average Bonchev–Trinajstić information content (AvgIpc) is 3.51. The number of fused-ring (bicyclic) bond motifs is 3. The van der Waals surface area contributed by atoms with E-state index in [1.165, 1.54) is 4.57 Å². The van der Waals surface area contributed by atoms with Gasteiger partial charge in [0.25, 0.3) is 11.9 Å². The summed E-state index contributed by atoms with van der Waals surface area (Å²) in [4.78, 5) is 31.7. The first-order chi connectivity index (χ1) is 19.5. The van der Waals surface area contributed by atoms with Crippen LogP contribution in [-0.4, -0.2) is 29.7 Å². The fourth-order valence-corrected chi connectivity index (χ4v) is 4.76. The van der Waals surface area contributed by atoms with E-state index in [-0.39, 0.29) is 28.4 Å². The van der Waals surface area contributed by atoms with E-state index in [9.17, 15) is 9.59 Å². The number of rotatable bonds is 6. The Morgan fingerprint density at radius 3 is 2.25 bits per heavy atom. The normalized spacial score (nSPS) is 14.4. The summed E-state index contributed by atoms with van der Waals surface area (Å²) in [6.45, 7) is 0. The van der Waals surface area contributed by atoms with E-state index in [2.05, 4.69) is 10.3 Å². The summed E-state index contributed by atoms with van der Waals surface area (Å²) in [6.07, 6.45) is 1.64. The third-order valence-electron chi connectivity index (χ3n) is 6.63. The topological polar surface area (TPSA) is 135 Å². The van der Waals surface area contributed by atoms with E-state index >= 15 is 0 Å². The molecule has 0 radical (unpaired) electrons. The first kappa shape index (κ1) is 24.8. The zero-order chi connectivity index (χ0) is 27.8. The molecule has 0 bridgehead atoms. The number of anilines is 2. The molecule has 1 atom stereocenters. The number of carbonyl (C=O) groups is 1. The van der Waals surface area contributed by atoms with E-state index in [4.69, 9.17) is 24.0 Å². The van der Waals surface area contributed by atoms with Gasteiger partial charge in [-0.1, -0.05) is 42.5 Å².